The van der Waals surface area contributed by atoms with Gasteiger partial charge in [0.05, 0.1) is 25.4 Å². The highest BCUT2D eigenvalue weighted by molar-refractivity contribution is 7.80. The molecule has 1 amide bonds. The Labute approximate surface area is 389 Å². The number of nitrogens with one attached hydrogen (secondary N) is 1. The average Bonchev–Trinajstić information content (AvgIpc) is 3.27. The van der Waals surface area contributed by atoms with E-state index in [9.17, 15) is 38.7 Å². The number of hydrogen-bond acceptors (Lipinski definition) is 11. The Balaban J connectivity index is 2.11. The number of hydrogen-bond donors (Lipinski definition) is 7. The van der Waals surface area contributed by atoms with Crippen molar-refractivity contribution in [1.29, 1.82) is 0 Å². The minimum atomic E-state index is -5.10. The van der Waals surface area contributed by atoms with Crippen LogP contribution in [0.1, 0.15) is 226 Å². The second kappa shape index (κ2) is 40.6. The standard InChI is InChI=1S/C50H95NO12S/c1-3-5-7-8-9-10-11-12-13-14-15-16-17-18-19-20-21-22-23-24-25-26-27-28-29-30-31-32-33-34-35-37-39-44(54)49(57)51-42(43(53)38-36-6-4-2)41-61-50-47(56)48(63-64(58,59)60)46(55)45(40-52)62-50/h15-16,18-19,42-48,50,52-56H,3-14,17,20-41H2,1-2H3,(H,51,57)(H,58,59,60)/b16-15-,19-18-. The normalized spacial score (nSPS) is 20.9. The minimum absolute atomic E-state index is 0.259. The van der Waals surface area contributed by atoms with Crippen LogP contribution in [0.4, 0.5) is 0 Å². The van der Waals surface area contributed by atoms with Crippen molar-refractivity contribution in [3.8, 4) is 0 Å². The molecule has 0 radical (unpaired) electrons. The van der Waals surface area contributed by atoms with Gasteiger partial charge in [-0.1, -0.05) is 205 Å². The van der Waals surface area contributed by atoms with Gasteiger partial charge < -0.3 is 40.3 Å². The molecule has 1 aliphatic heterocycles. The van der Waals surface area contributed by atoms with E-state index >= 15 is 0 Å². The Kier molecular flexibility index (Phi) is 38.4. The van der Waals surface area contributed by atoms with E-state index in [2.05, 4.69) is 40.7 Å². The summed E-state index contributed by atoms with van der Waals surface area (Å²) >= 11 is 0. The maximum absolute atomic E-state index is 13.0. The topological polar surface area (TPSA) is 212 Å². The molecule has 378 valence electrons. The first-order valence-corrected chi connectivity index (χ1v) is 27.2. The molecule has 1 aliphatic rings. The largest absolute Gasteiger partial charge is 0.397 e. The second-order valence-electron chi connectivity index (χ2n) is 18.3. The number of carbonyl (C=O) groups is 1. The van der Waals surface area contributed by atoms with Crippen molar-refractivity contribution in [3.63, 3.8) is 0 Å². The molecule has 1 heterocycles. The van der Waals surface area contributed by atoms with E-state index in [4.69, 9.17) is 14.0 Å². The van der Waals surface area contributed by atoms with E-state index in [1.807, 2.05) is 6.92 Å². The van der Waals surface area contributed by atoms with Gasteiger partial charge in [-0.3, -0.25) is 9.35 Å². The van der Waals surface area contributed by atoms with Crippen molar-refractivity contribution >= 4 is 16.3 Å². The Hall–Kier alpha value is -1.46. The third kappa shape index (κ3) is 32.3. The van der Waals surface area contributed by atoms with Gasteiger partial charge in [0, 0.05) is 0 Å². The minimum Gasteiger partial charge on any atom is -0.394 e. The first-order valence-electron chi connectivity index (χ1n) is 25.8. The zero-order valence-electron chi connectivity index (χ0n) is 40.2. The van der Waals surface area contributed by atoms with Gasteiger partial charge in [-0.2, -0.15) is 8.42 Å². The highest BCUT2D eigenvalue weighted by Crippen LogP contribution is 2.26. The number of carbonyl (C=O) groups excluding carboxylic acids is 1. The third-order valence-electron chi connectivity index (χ3n) is 12.4. The van der Waals surface area contributed by atoms with Crippen LogP contribution in [0.3, 0.4) is 0 Å². The maximum atomic E-state index is 13.0. The van der Waals surface area contributed by atoms with Crippen LogP contribution in [0.2, 0.25) is 0 Å². The summed E-state index contributed by atoms with van der Waals surface area (Å²) in [6.45, 7) is 3.08. The number of aliphatic hydroxyl groups is 5. The molecule has 0 aromatic heterocycles. The molecule has 0 aromatic rings. The molecule has 13 nitrogen and oxygen atoms in total. The van der Waals surface area contributed by atoms with Crippen LogP contribution in [-0.2, 0) is 28.9 Å². The zero-order valence-corrected chi connectivity index (χ0v) is 41.0. The average molecular weight is 934 g/mol. The number of aliphatic hydroxyl groups excluding tert-OH is 5. The van der Waals surface area contributed by atoms with Gasteiger partial charge in [0.15, 0.2) is 6.29 Å². The lowest BCUT2D eigenvalue weighted by molar-refractivity contribution is -0.298. The van der Waals surface area contributed by atoms with E-state index in [1.54, 1.807) is 0 Å². The number of ether oxygens (including phenoxy) is 2. The van der Waals surface area contributed by atoms with Crippen molar-refractivity contribution in [3.05, 3.63) is 24.3 Å². The van der Waals surface area contributed by atoms with Crippen molar-refractivity contribution < 1.29 is 57.0 Å². The number of unbranched alkanes of at least 4 members (excludes halogenated alkanes) is 27. The van der Waals surface area contributed by atoms with Crippen LogP contribution in [0, 0.1) is 0 Å². The molecule has 0 saturated carbocycles. The Morgan fingerprint density at radius 1 is 0.625 bits per heavy atom. The smallest absolute Gasteiger partial charge is 0.394 e. The third-order valence-corrected chi connectivity index (χ3v) is 12.8. The first-order chi connectivity index (χ1) is 30.9. The van der Waals surface area contributed by atoms with Crippen molar-refractivity contribution in [2.24, 2.45) is 0 Å². The monoisotopic (exact) mass is 934 g/mol. The van der Waals surface area contributed by atoms with Gasteiger partial charge in [-0.05, 0) is 44.9 Å². The fraction of sp³-hybridized carbons (Fsp3) is 0.900. The lowest BCUT2D eigenvalue weighted by Crippen LogP contribution is -2.61. The maximum Gasteiger partial charge on any atom is 0.397 e. The van der Waals surface area contributed by atoms with Crippen LogP contribution in [-0.4, -0.2) is 107 Å². The van der Waals surface area contributed by atoms with E-state index in [0.29, 0.717) is 19.3 Å². The summed E-state index contributed by atoms with van der Waals surface area (Å²) in [6.07, 6.45) is 36.7. The van der Waals surface area contributed by atoms with Gasteiger partial charge in [0.2, 0.25) is 5.91 Å². The summed E-state index contributed by atoms with van der Waals surface area (Å²) in [5.74, 6) is -0.680. The fourth-order valence-corrected chi connectivity index (χ4v) is 8.77. The molecule has 64 heavy (non-hydrogen) atoms. The van der Waals surface area contributed by atoms with E-state index in [1.165, 1.54) is 148 Å². The van der Waals surface area contributed by atoms with Gasteiger partial charge in [0.1, 0.15) is 30.5 Å². The summed E-state index contributed by atoms with van der Waals surface area (Å²) < 4.78 is 47.1. The molecule has 8 atom stereocenters. The zero-order chi connectivity index (χ0) is 47.1. The van der Waals surface area contributed by atoms with Crippen LogP contribution < -0.4 is 5.32 Å². The Morgan fingerprint density at radius 2 is 1.05 bits per heavy atom. The molecular weight excluding hydrogens is 839 g/mol. The number of rotatable bonds is 44. The van der Waals surface area contributed by atoms with Gasteiger partial charge in [-0.25, -0.2) is 4.18 Å². The molecule has 7 N–H and O–H groups in total. The van der Waals surface area contributed by atoms with E-state index < -0.39 is 78.5 Å². The molecule has 0 bridgehead atoms. The molecule has 1 rings (SSSR count). The molecule has 1 fully saturated rings. The summed E-state index contributed by atoms with van der Waals surface area (Å²) in [7, 11) is -5.10. The second-order valence-corrected chi connectivity index (χ2v) is 19.3. The van der Waals surface area contributed by atoms with Crippen LogP contribution in [0.15, 0.2) is 24.3 Å². The summed E-state index contributed by atoms with van der Waals surface area (Å²) in [5, 5.41) is 54.7. The van der Waals surface area contributed by atoms with Gasteiger partial charge in [-0.15, -0.1) is 0 Å². The summed E-state index contributed by atoms with van der Waals surface area (Å²) in [6, 6.07) is -1.03. The van der Waals surface area contributed by atoms with E-state index in [0.717, 1.165) is 38.5 Å². The van der Waals surface area contributed by atoms with Crippen molar-refractivity contribution in [1.82, 2.24) is 5.32 Å². The summed E-state index contributed by atoms with van der Waals surface area (Å²) in [4.78, 5) is 13.0. The molecule has 0 aliphatic carbocycles. The quantitative estimate of drug-likeness (QED) is 0.0173. The SMILES string of the molecule is CCCCCCCCCCC/C=C\C/C=C\CCCCCCCCCCCCCCCCCCC(O)C(=O)NC(COC1OC(CO)C(O)C(OS(=O)(=O)O)C1O)C(O)CCCCC. The summed E-state index contributed by atoms with van der Waals surface area (Å²) in [5.41, 5.74) is 0. The fourth-order valence-electron chi connectivity index (χ4n) is 8.26. The van der Waals surface area contributed by atoms with Crippen LogP contribution in [0.25, 0.3) is 0 Å². The predicted molar refractivity (Wildman–Crippen MR) is 256 cm³/mol. The molecular formula is C50H95NO12S. The molecule has 1 saturated heterocycles. The van der Waals surface area contributed by atoms with Crippen molar-refractivity contribution in [2.75, 3.05) is 13.2 Å². The Morgan fingerprint density at radius 3 is 1.50 bits per heavy atom. The van der Waals surface area contributed by atoms with E-state index in [-0.39, 0.29) is 6.42 Å². The van der Waals surface area contributed by atoms with Crippen LogP contribution >= 0.6 is 0 Å². The lowest BCUT2D eigenvalue weighted by atomic mass is 9.99. The predicted octanol–water partition coefficient (Wildman–Crippen LogP) is 9.86. The van der Waals surface area contributed by atoms with Crippen LogP contribution in [0.5, 0.6) is 0 Å². The molecule has 8 unspecified atom stereocenters. The number of amides is 1. The molecule has 0 spiro atoms. The molecule has 14 heteroatoms. The van der Waals surface area contributed by atoms with Gasteiger partial charge >= 0.3 is 10.4 Å². The first kappa shape index (κ1) is 60.6. The van der Waals surface area contributed by atoms with Crippen molar-refractivity contribution in [2.45, 2.75) is 275 Å². The molecule has 0 aromatic carbocycles. The highest BCUT2D eigenvalue weighted by atomic mass is 32.3. The van der Waals surface area contributed by atoms with Gasteiger partial charge in [0.25, 0.3) is 0 Å². The highest BCUT2D eigenvalue weighted by Gasteiger charge is 2.48. The lowest BCUT2D eigenvalue weighted by Gasteiger charge is -2.41. The Bertz CT molecular complexity index is 1250. The number of allylic oxidation sites excluding steroid dienone is 4.